The number of nitrogens with one attached hydrogen (secondary N) is 1. The van der Waals surface area contributed by atoms with Gasteiger partial charge in [-0.1, -0.05) is 0 Å². The number of amides is 2. The van der Waals surface area contributed by atoms with Crippen molar-refractivity contribution in [3.8, 4) is 5.75 Å². The molecule has 1 atom stereocenters. The van der Waals surface area contributed by atoms with E-state index in [1.165, 1.54) is 24.9 Å². The molecule has 8 nitrogen and oxygen atoms in total. The lowest BCUT2D eigenvalue weighted by Gasteiger charge is -2.40. The molecule has 0 aliphatic carbocycles. The number of carbonyl (C=O) groups is 2. The zero-order valence-electron chi connectivity index (χ0n) is 19.2. The number of nitrogens with two attached hydrogens (primary N) is 1. The highest BCUT2D eigenvalue weighted by molar-refractivity contribution is 5.93. The number of primary amides is 1. The Kier molecular flexibility index (Phi) is 7.34. The van der Waals surface area contributed by atoms with Gasteiger partial charge < -0.3 is 25.6 Å². The van der Waals surface area contributed by atoms with E-state index in [-0.39, 0.29) is 12.5 Å². The number of hydrogen-bond donors (Lipinski definition) is 2. The fourth-order valence-corrected chi connectivity index (χ4v) is 4.60. The number of nitrogens with zero attached hydrogens (tertiary/aromatic N) is 3. The van der Waals surface area contributed by atoms with Crippen LogP contribution in [0.4, 0.5) is 17.1 Å². The number of ether oxygens (including phenoxy) is 1. The number of carbonyl (C=O) groups excluding carboxylic acids is 2. The van der Waals surface area contributed by atoms with Crippen molar-refractivity contribution in [2.75, 3.05) is 61.5 Å². The van der Waals surface area contributed by atoms with Gasteiger partial charge in [0.1, 0.15) is 11.8 Å². The molecule has 2 aromatic carbocycles. The van der Waals surface area contributed by atoms with E-state index in [9.17, 15) is 9.59 Å². The van der Waals surface area contributed by atoms with Crippen molar-refractivity contribution in [1.82, 2.24) is 4.90 Å². The predicted molar refractivity (Wildman–Crippen MR) is 131 cm³/mol. The maximum absolute atomic E-state index is 12.7. The number of piperidine rings is 1. The minimum atomic E-state index is -0.534. The van der Waals surface area contributed by atoms with Crippen molar-refractivity contribution in [2.45, 2.75) is 25.3 Å². The molecule has 4 rings (SSSR count). The summed E-state index contributed by atoms with van der Waals surface area (Å²) in [4.78, 5) is 31.2. The highest BCUT2D eigenvalue weighted by Gasteiger charge is 2.32. The molecule has 2 amide bonds. The molecule has 2 saturated heterocycles. The fraction of sp³-hybridized carbons (Fsp3) is 0.440. The molecule has 0 spiro atoms. The van der Waals surface area contributed by atoms with Crippen LogP contribution in [-0.4, -0.2) is 69.1 Å². The molecule has 2 aliphatic rings. The van der Waals surface area contributed by atoms with E-state index < -0.39 is 11.9 Å². The summed E-state index contributed by atoms with van der Waals surface area (Å²) in [5.41, 5.74) is 8.64. The van der Waals surface area contributed by atoms with Crippen molar-refractivity contribution in [3.05, 3.63) is 48.5 Å². The van der Waals surface area contributed by atoms with Gasteiger partial charge in [0.25, 0.3) is 0 Å². The smallest absolute Gasteiger partial charge is 0.238 e. The highest BCUT2D eigenvalue weighted by Crippen LogP contribution is 2.24. The molecular formula is C25H33N5O3. The van der Waals surface area contributed by atoms with Crippen molar-refractivity contribution in [2.24, 2.45) is 5.73 Å². The third-order valence-corrected chi connectivity index (χ3v) is 6.48. The Morgan fingerprint density at radius 1 is 0.909 bits per heavy atom. The van der Waals surface area contributed by atoms with E-state index in [1.807, 2.05) is 41.3 Å². The molecule has 0 saturated carbocycles. The minimum absolute atomic E-state index is 0.123. The second kappa shape index (κ2) is 10.6. The van der Waals surface area contributed by atoms with Crippen LogP contribution in [0.25, 0.3) is 0 Å². The van der Waals surface area contributed by atoms with E-state index in [4.69, 9.17) is 10.5 Å². The second-order valence-electron chi connectivity index (χ2n) is 8.68. The molecule has 3 N–H and O–H groups in total. The van der Waals surface area contributed by atoms with Gasteiger partial charge in [-0.2, -0.15) is 0 Å². The van der Waals surface area contributed by atoms with Gasteiger partial charge in [0.2, 0.25) is 11.8 Å². The Hall–Kier alpha value is -3.26. The Balaban J connectivity index is 1.33. The molecule has 0 unspecified atom stereocenters. The summed E-state index contributed by atoms with van der Waals surface area (Å²) in [6.07, 6.45) is 3.75. The number of anilines is 3. The summed E-state index contributed by atoms with van der Waals surface area (Å²) < 4.78 is 5.22. The van der Waals surface area contributed by atoms with E-state index in [2.05, 4.69) is 27.2 Å². The van der Waals surface area contributed by atoms with E-state index in [0.717, 1.165) is 30.2 Å². The molecule has 33 heavy (non-hydrogen) atoms. The molecule has 0 radical (unpaired) electrons. The largest absolute Gasteiger partial charge is 0.497 e. The summed E-state index contributed by atoms with van der Waals surface area (Å²) in [7, 11) is 1.63. The first kappa shape index (κ1) is 22.9. The number of hydrogen-bond acceptors (Lipinski definition) is 6. The van der Waals surface area contributed by atoms with Gasteiger partial charge in [-0.15, -0.1) is 0 Å². The second-order valence-corrected chi connectivity index (χ2v) is 8.68. The Bertz CT molecular complexity index is 942. The number of methoxy groups -OCH3 is 1. The van der Waals surface area contributed by atoms with Crippen LogP contribution in [0.5, 0.6) is 5.75 Å². The molecule has 2 aromatic rings. The van der Waals surface area contributed by atoms with Gasteiger partial charge in [0, 0.05) is 49.8 Å². The molecular weight excluding hydrogens is 418 g/mol. The van der Waals surface area contributed by atoms with Crippen LogP contribution in [0, 0.1) is 0 Å². The van der Waals surface area contributed by atoms with Crippen LogP contribution in [-0.2, 0) is 9.59 Å². The predicted octanol–water partition coefficient (Wildman–Crippen LogP) is 2.30. The van der Waals surface area contributed by atoms with Gasteiger partial charge in [-0.3, -0.25) is 14.5 Å². The van der Waals surface area contributed by atoms with Crippen LogP contribution in [0.1, 0.15) is 19.3 Å². The molecule has 2 aliphatic heterocycles. The highest BCUT2D eigenvalue weighted by atomic mass is 16.5. The molecule has 176 valence electrons. The summed E-state index contributed by atoms with van der Waals surface area (Å²) in [5, 5.41) is 2.96. The maximum atomic E-state index is 12.7. The Labute approximate surface area is 195 Å². The average molecular weight is 452 g/mol. The lowest BCUT2D eigenvalue weighted by atomic mass is 10.1. The zero-order valence-corrected chi connectivity index (χ0v) is 19.2. The van der Waals surface area contributed by atoms with Crippen LogP contribution in [0.2, 0.25) is 0 Å². The summed E-state index contributed by atoms with van der Waals surface area (Å²) >= 11 is 0. The van der Waals surface area contributed by atoms with E-state index in [0.29, 0.717) is 19.6 Å². The standard InChI is InChI=1S/C25H33N5O3/c1-33-22-11-9-21(10-12-22)29-15-16-30(23(17-29)25(26)32)18-24(31)27-19-5-7-20(8-6-19)28-13-3-2-4-14-28/h5-12,23H,2-4,13-18H2,1H3,(H2,26,32)(H,27,31)/t23-/m0/s1. The van der Waals surface area contributed by atoms with Gasteiger partial charge >= 0.3 is 0 Å². The monoisotopic (exact) mass is 451 g/mol. The van der Waals surface area contributed by atoms with Gasteiger partial charge in [0.05, 0.1) is 13.7 Å². The number of benzene rings is 2. The van der Waals surface area contributed by atoms with Gasteiger partial charge in [-0.25, -0.2) is 0 Å². The summed E-state index contributed by atoms with van der Waals surface area (Å²) in [5.74, 6) is 0.209. The first-order chi connectivity index (χ1) is 16.0. The maximum Gasteiger partial charge on any atom is 0.238 e. The third-order valence-electron chi connectivity index (χ3n) is 6.48. The van der Waals surface area contributed by atoms with Crippen molar-refractivity contribution >= 4 is 28.9 Å². The molecule has 0 bridgehead atoms. The molecule has 2 fully saturated rings. The lowest BCUT2D eigenvalue weighted by Crippen LogP contribution is -2.59. The molecule has 2 heterocycles. The zero-order chi connectivity index (χ0) is 23.2. The molecule has 8 heteroatoms. The van der Waals surface area contributed by atoms with Crippen LogP contribution >= 0.6 is 0 Å². The normalized spacial score (nSPS) is 19.2. The van der Waals surface area contributed by atoms with Crippen molar-refractivity contribution < 1.29 is 14.3 Å². The topological polar surface area (TPSA) is 91.1 Å². The van der Waals surface area contributed by atoms with E-state index >= 15 is 0 Å². The quantitative estimate of drug-likeness (QED) is 0.671. The van der Waals surface area contributed by atoms with Crippen LogP contribution < -0.4 is 25.6 Å². The minimum Gasteiger partial charge on any atom is -0.497 e. The molecule has 0 aromatic heterocycles. The summed E-state index contributed by atoms with van der Waals surface area (Å²) in [6.45, 7) is 4.01. The summed E-state index contributed by atoms with van der Waals surface area (Å²) in [6, 6.07) is 15.2. The van der Waals surface area contributed by atoms with Crippen molar-refractivity contribution in [3.63, 3.8) is 0 Å². The SMILES string of the molecule is COc1ccc(N2CCN(CC(=O)Nc3ccc(N4CCCCC4)cc3)[C@H](C(N)=O)C2)cc1. The van der Waals surface area contributed by atoms with Crippen LogP contribution in [0.15, 0.2) is 48.5 Å². The Morgan fingerprint density at radius 3 is 2.18 bits per heavy atom. The Morgan fingerprint density at radius 2 is 1.55 bits per heavy atom. The van der Waals surface area contributed by atoms with Gasteiger partial charge in [0.15, 0.2) is 0 Å². The number of piperazine rings is 1. The van der Waals surface area contributed by atoms with Crippen LogP contribution in [0.3, 0.4) is 0 Å². The van der Waals surface area contributed by atoms with Gasteiger partial charge in [-0.05, 0) is 67.8 Å². The van der Waals surface area contributed by atoms with Crippen molar-refractivity contribution in [1.29, 1.82) is 0 Å². The number of rotatable bonds is 7. The fourth-order valence-electron chi connectivity index (χ4n) is 4.60. The third kappa shape index (κ3) is 5.76. The first-order valence-corrected chi connectivity index (χ1v) is 11.6. The average Bonchev–Trinajstić information content (AvgIpc) is 2.85. The first-order valence-electron chi connectivity index (χ1n) is 11.6. The van der Waals surface area contributed by atoms with E-state index in [1.54, 1.807) is 7.11 Å². The lowest BCUT2D eigenvalue weighted by molar-refractivity contribution is -0.125.